The Morgan fingerprint density at radius 2 is 1.81 bits per heavy atom. The third-order valence-electron chi connectivity index (χ3n) is 3.32. The molecule has 0 spiro atoms. The van der Waals surface area contributed by atoms with Gasteiger partial charge in [0.25, 0.3) is 5.91 Å². The number of benzene rings is 2. The van der Waals surface area contributed by atoms with E-state index in [4.69, 9.17) is 4.74 Å². The first kappa shape index (κ1) is 19.9. The van der Waals surface area contributed by atoms with Crippen LogP contribution in [0.25, 0.3) is 0 Å². The lowest BCUT2D eigenvalue weighted by atomic mass is 10.2. The maximum Gasteiger partial charge on any atom is 0.260 e. The van der Waals surface area contributed by atoms with Gasteiger partial charge in [0.1, 0.15) is 12.3 Å². The van der Waals surface area contributed by atoms with Gasteiger partial charge in [0.05, 0.1) is 25.3 Å². The molecule has 0 saturated heterocycles. The van der Waals surface area contributed by atoms with Crippen LogP contribution in [-0.4, -0.2) is 40.4 Å². The highest BCUT2D eigenvalue weighted by Gasteiger charge is 2.20. The normalized spacial score (nSPS) is 11.3. The molecular formula is C17H18BrN3O4S. The molecule has 1 amide bonds. The highest BCUT2D eigenvalue weighted by Crippen LogP contribution is 2.21. The number of methoxy groups -OCH3 is 1. The average molecular weight is 440 g/mol. The Labute approximate surface area is 160 Å². The quantitative estimate of drug-likeness (QED) is 0.529. The summed E-state index contributed by atoms with van der Waals surface area (Å²) in [5.74, 6) is 0.0327. The zero-order valence-electron chi connectivity index (χ0n) is 14.2. The predicted octanol–water partition coefficient (Wildman–Crippen LogP) is 2.37. The van der Waals surface area contributed by atoms with Crippen molar-refractivity contribution in [1.29, 1.82) is 0 Å². The Hall–Kier alpha value is -2.39. The highest BCUT2D eigenvalue weighted by molar-refractivity contribution is 9.10. The summed E-state index contributed by atoms with van der Waals surface area (Å²) in [4.78, 5) is 12.1. The van der Waals surface area contributed by atoms with Gasteiger partial charge in [-0.25, -0.2) is 13.8 Å². The van der Waals surface area contributed by atoms with Crippen molar-refractivity contribution in [2.75, 3.05) is 24.2 Å². The number of halogens is 1. The fourth-order valence-corrected chi connectivity index (χ4v) is 3.16. The van der Waals surface area contributed by atoms with Crippen molar-refractivity contribution in [3.8, 4) is 5.75 Å². The molecule has 0 bridgehead atoms. The van der Waals surface area contributed by atoms with E-state index in [0.717, 1.165) is 20.6 Å². The van der Waals surface area contributed by atoms with Crippen LogP contribution in [-0.2, 0) is 14.8 Å². The number of carbonyl (C=O) groups excluding carboxylic acids is 1. The zero-order chi connectivity index (χ0) is 19.2. The van der Waals surface area contributed by atoms with Gasteiger partial charge >= 0.3 is 0 Å². The van der Waals surface area contributed by atoms with Gasteiger partial charge in [-0.05, 0) is 42.0 Å². The number of sulfonamides is 1. The van der Waals surface area contributed by atoms with Crippen LogP contribution < -0.4 is 14.5 Å². The molecule has 0 atom stereocenters. The molecule has 2 aromatic rings. The van der Waals surface area contributed by atoms with Crippen LogP contribution in [0.15, 0.2) is 58.1 Å². The third-order valence-corrected chi connectivity index (χ3v) is 4.99. The first-order chi connectivity index (χ1) is 12.3. The number of rotatable bonds is 7. The van der Waals surface area contributed by atoms with Gasteiger partial charge in [-0.2, -0.15) is 5.10 Å². The highest BCUT2D eigenvalue weighted by atomic mass is 79.9. The summed E-state index contributed by atoms with van der Waals surface area (Å²) >= 11 is 3.33. The monoisotopic (exact) mass is 439 g/mol. The van der Waals surface area contributed by atoms with Gasteiger partial charge < -0.3 is 4.74 Å². The summed E-state index contributed by atoms with van der Waals surface area (Å²) in [5, 5.41) is 3.85. The molecule has 7 nitrogen and oxygen atoms in total. The number of anilines is 1. The molecule has 0 heterocycles. The summed E-state index contributed by atoms with van der Waals surface area (Å²) in [6, 6.07) is 13.7. The SMILES string of the molecule is COc1ccc(N(CC(=O)N/N=C/c2ccc(Br)cc2)S(C)(=O)=O)cc1. The topological polar surface area (TPSA) is 88.1 Å². The van der Waals surface area contributed by atoms with E-state index < -0.39 is 15.9 Å². The Balaban J connectivity index is 2.05. The Morgan fingerprint density at radius 1 is 1.19 bits per heavy atom. The number of hydrazone groups is 1. The lowest BCUT2D eigenvalue weighted by Gasteiger charge is -2.21. The first-order valence-corrected chi connectivity index (χ1v) is 10.1. The van der Waals surface area contributed by atoms with Gasteiger partial charge in [0.2, 0.25) is 10.0 Å². The molecular weight excluding hydrogens is 422 g/mol. The smallest absolute Gasteiger partial charge is 0.260 e. The average Bonchev–Trinajstić information content (AvgIpc) is 2.60. The van der Waals surface area contributed by atoms with Gasteiger partial charge in [-0.15, -0.1) is 0 Å². The number of nitrogens with zero attached hydrogens (tertiary/aromatic N) is 2. The number of carbonyl (C=O) groups is 1. The number of nitrogens with one attached hydrogen (secondary N) is 1. The molecule has 138 valence electrons. The van der Waals surface area contributed by atoms with E-state index in [0.29, 0.717) is 11.4 Å². The van der Waals surface area contributed by atoms with Crippen LogP contribution in [0.1, 0.15) is 5.56 Å². The molecule has 0 saturated carbocycles. The standard InChI is InChI=1S/C17H18BrN3O4S/c1-25-16-9-7-15(8-10-16)21(26(2,23)24)12-17(22)20-19-11-13-3-5-14(18)6-4-13/h3-11H,12H2,1-2H3,(H,20,22)/b19-11+. The second-order valence-corrected chi connectivity index (χ2v) is 8.13. The number of amides is 1. The molecule has 0 fully saturated rings. The molecule has 0 aliphatic carbocycles. The van der Waals surface area contributed by atoms with Crippen molar-refractivity contribution in [3.63, 3.8) is 0 Å². The van der Waals surface area contributed by atoms with E-state index >= 15 is 0 Å². The van der Waals surface area contributed by atoms with Gasteiger partial charge in [-0.3, -0.25) is 9.10 Å². The van der Waals surface area contributed by atoms with Crippen molar-refractivity contribution in [2.24, 2.45) is 5.10 Å². The molecule has 9 heteroatoms. The molecule has 26 heavy (non-hydrogen) atoms. The number of hydrogen-bond donors (Lipinski definition) is 1. The second-order valence-electron chi connectivity index (χ2n) is 5.31. The van der Waals surface area contributed by atoms with Crippen molar-refractivity contribution in [2.45, 2.75) is 0 Å². The minimum atomic E-state index is -3.64. The minimum Gasteiger partial charge on any atom is -0.497 e. The third kappa shape index (κ3) is 5.85. The zero-order valence-corrected chi connectivity index (χ0v) is 16.6. The van der Waals surface area contributed by atoms with Gasteiger partial charge in [0.15, 0.2) is 0 Å². The first-order valence-electron chi connectivity index (χ1n) is 7.49. The van der Waals surface area contributed by atoms with Crippen molar-refractivity contribution >= 4 is 43.8 Å². The molecule has 2 aromatic carbocycles. The van der Waals surface area contributed by atoms with Crippen LogP contribution >= 0.6 is 15.9 Å². The molecule has 0 unspecified atom stereocenters. The molecule has 2 rings (SSSR count). The van der Waals surface area contributed by atoms with Crippen molar-refractivity contribution in [3.05, 3.63) is 58.6 Å². The summed E-state index contributed by atoms with van der Waals surface area (Å²) in [5.41, 5.74) is 3.49. The summed E-state index contributed by atoms with van der Waals surface area (Å²) in [6.07, 6.45) is 2.51. The minimum absolute atomic E-state index is 0.361. The van der Waals surface area contributed by atoms with Gasteiger partial charge in [-0.1, -0.05) is 28.1 Å². The van der Waals surface area contributed by atoms with Crippen LogP contribution in [0, 0.1) is 0 Å². The Morgan fingerprint density at radius 3 is 2.35 bits per heavy atom. The van der Waals surface area contributed by atoms with Crippen molar-refractivity contribution < 1.29 is 17.9 Å². The van der Waals surface area contributed by atoms with Crippen LogP contribution in [0.2, 0.25) is 0 Å². The van der Waals surface area contributed by atoms with Gasteiger partial charge in [0, 0.05) is 4.47 Å². The van der Waals surface area contributed by atoms with Crippen LogP contribution in [0.5, 0.6) is 5.75 Å². The summed E-state index contributed by atoms with van der Waals surface area (Å²) in [7, 11) is -2.13. The summed E-state index contributed by atoms with van der Waals surface area (Å²) < 4.78 is 31.0. The molecule has 0 radical (unpaired) electrons. The lowest BCUT2D eigenvalue weighted by Crippen LogP contribution is -2.39. The lowest BCUT2D eigenvalue weighted by molar-refractivity contribution is -0.119. The van der Waals surface area contributed by atoms with Crippen molar-refractivity contribution in [1.82, 2.24) is 5.43 Å². The maximum absolute atomic E-state index is 12.1. The maximum atomic E-state index is 12.1. The largest absolute Gasteiger partial charge is 0.497 e. The molecule has 0 aliphatic heterocycles. The molecule has 0 aliphatic rings. The second kappa shape index (κ2) is 8.81. The summed E-state index contributed by atoms with van der Waals surface area (Å²) in [6.45, 7) is -0.386. The Kier molecular flexibility index (Phi) is 6.76. The van der Waals surface area contributed by atoms with E-state index in [-0.39, 0.29) is 6.54 Å². The Bertz CT molecular complexity index is 881. The van der Waals surface area contributed by atoms with E-state index in [1.165, 1.54) is 13.3 Å². The van der Waals surface area contributed by atoms with Crippen LogP contribution in [0.3, 0.4) is 0 Å². The molecule has 0 aromatic heterocycles. The fourth-order valence-electron chi connectivity index (χ4n) is 2.04. The van der Waals surface area contributed by atoms with E-state index in [1.807, 2.05) is 24.3 Å². The molecule has 1 N–H and O–H groups in total. The van der Waals surface area contributed by atoms with Crippen LogP contribution in [0.4, 0.5) is 5.69 Å². The van der Waals surface area contributed by atoms with E-state index in [2.05, 4.69) is 26.5 Å². The van der Waals surface area contributed by atoms with E-state index in [1.54, 1.807) is 24.3 Å². The van der Waals surface area contributed by atoms with E-state index in [9.17, 15) is 13.2 Å². The predicted molar refractivity (Wildman–Crippen MR) is 105 cm³/mol. The number of ether oxygens (including phenoxy) is 1. The number of hydrogen-bond acceptors (Lipinski definition) is 5. The fraction of sp³-hybridized carbons (Fsp3) is 0.176.